The van der Waals surface area contributed by atoms with Crippen molar-refractivity contribution in [3.63, 3.8) is 0 Å². The minimum absolute atomic E-state index is 0.0113. The lowest BCUT2D eigenvalue weighted by Crippen LogP contribution is -2.56. The lowest BCUT2D eigenvalue weighted by atomic mass is 9.93. The largest absolute Gasteiger partial charge is 0.492 e. The fourth-order valence-corrected chi connectivity index (χ4v) is 8.92. The summed E-state index contributed by atoms with van der Waals surface area (Å²) < 4.78 is 38.4. The summed E-state index contributed by atoms with van der Waals surface area (Å²) in [5, 5.41) is 19.8. The van der Waals surface area contributed by atoms with Crippen LogP contribution in [0, 0.1) is 18.3 Å². The Morgan fingerprint density at radius 2 is 1.55 bits per heavy atom. The molecule has 3 aromatic carbocycles. The van der Waals surface area contributed by atoms with E-state index in [4.69, 9.17) is 31.9 Å². The molecule has 0 saturated carbocycles. The van der Waals surface area contributed by atoms with Crippen LogP contribution in [0.2, 0.25) is 0 Å². The number of sulfone groups is 1. The molecule has 0 fully saturated rings. The number of carbonyl (C=O) groups is 5. The van der Waals surface area contributed by atoms with Crippen LogP contribution in [0.3, 0.4) is 0 Å². The zero-order valence-corrected chi connectivity index (χ0v) is 38.4. The van der Waals surface area contributed by atoms with Crippen LogP contribution in [0.1, 0.15) is 85.5 Å². The zero-order chi connectivity index (χ0) is 47.7. The highest BCUT2D eigenvalue weighted by atomic mass is 32.2. The molecule has 19 heteroatoms. The van der Waals surface area contributed by atoms with Crippen LogP contribution >= 0.6 is 0 Å². The highest BCUT2D eigenvalue weighted by Gasteiger charge is 2.36. The molecule has 4 rings (SSSR count). The molecule has 4 bridgehead atoms. The third-order valence-corrected chi connectivity index (χ3v) is 12.7. The zero-order valence-electron chi connectivity index (χ0n) is 37.6. The minimum atomic E-state index is -3.60. The highest BCUT2D eigenvalue weighted by Crippen LogP contribution is 2.40. The molecule has 0 unspecified atom stereocenters. The standard InChI is InChI=1S/C46H63N9O9S/c1-5-6-7-8-9-24-65(61,62)33-12-13-34(29(2)25-33)43(57)53-37(16-17-47)46(60)55(4)41-32-11-15-40(64-23-20-50)36(28-32)35-26-31(10-14-39(35)63-22-19-49)27-38(44(58)51-21-18-48)54-42(56)30(3)52-45(41)59/h10-15,25-26,28,30,37-38,41H,5-9,16-17,19-24,27,47,49-50H2,1-4H3,(H,51,58)(H,52,59)(H,53,57)(H,54,56)/t30-,37-,38-,41-/m0/s1. The molecule has 5 amide bonds. The Morgan fingerprint density at radius 1 is 0.892 bits per heavy atom. The molecule has 0 aromatic heterocycles. The molecule has 0 spiro atoms. The van der Waals surface area contributed by atoms with E-state index >= 15 is 0 Å². The smallest absolute Gasteiger partial charge is 0.252 e. The monoisotopic (exact) mass is 917 g/mol. The van der Waals surface area contributed by atoms with Gasteiger partial charge < -0.3 is 52.8 Å². The van der Waals surface area contributed by atoms with E-state index in [2.05, 4.69) is 28.2 Å². The number of aryl methyl sites for hydroxylation is 1. The average Bonchev–Trinajstić information content (AvgIpc) is 3.28. The van der Waals surface area contributed by atoms with Crippen molar-refractivity contribution in [2.75, 3.05) is 52.2 Å². The maximum atomic E-state index is 14.6. The van der Waals surface area contributed by atoms with E-state index in [1.165, 1.54) is 32.2 Å². The van der Waals surface area contributed by atoms with Gasteiger partial charge in [0.1, 0.15) is 55.4 Å². The van der Waals surface area contributed by atoms with E-state index in [0.29, 0.717) is 40.2 Å². The van der Waals surface area contributed by atoms with Crippen molar-refractivity contribution in [2.24, 2.45) is 17.2 Å². The number of nitrogens with one attached hydrogen (secondary N) is 4. The number of benzene rings is 3. The number of nitrogens with two attached hydrogens (primary N) is 3. The SMILES string of the molecule is CCCCCCCS(=O)(=O)c1ccc(C(=O)N[C@@H](CCN)C(=O)N(C)[C@@H]2C(=O)N[C@@H](C)C(=O)N[C@H](C(=O)NCC#N)Cc3ccc(OCCN)c(c3)-c3cc2ccc3OCCN)c(C)c1. The number of likely N-dealkylation sites (N-methyl/N-ethyl adjacent to an activating group) is 1. The first-order valence-electron chi connectivity index (χ1n) is 21.9. The summed E-state index contributed by atoms with van der Waals surface area (Å²) in [4.78, 5) is 71.2. The summed E-state index contributed by atoms with van der Waals surface area (Å²) in [6, 6.07) is 11.0. The van der Waals surface area contributed by atoms with Crippen molar-refractivity contribution in [1.82, 2.24) is 26.2 Å². The Balaban J connectivity index is 1.78. The first kappa shape index (κ1) is 51.6. The number of rotatable bonds is 21. The van der Waals surface area contributed by atoms with Crippen LogP contribution in [0.15, 0.2) is 59.5 Å². The average molecular weight is 918 g/mol. The first-order chi connectivity index (χ1) is 31.1. The van der Waals surface area contributed by atoms with Crippen molar-refractivity contribution in [3.8, 4) is 28.7 Å². The van der Waals surface area contributed by atoms with Gasteiger partial charge in [0.15, 0.2) is 9.84 Å². The molecule has 4 atom stereocenters. The van der Waals surface area contributed by atoms with Crippen molar-refractivity contribution >= 4 is 39.4 Å². The minimum Gasteiger partial charge on any atom is -0.492 e. The Bertz CT molecular complexity index is 2320. The Kier molecular flexibility index (Phi) is 19.7. The Labute approximate surface area is 381 Å². The molecule has 3 aromatic rings. The van der Waals surface area contributed by atoms with Crippen LogP contribution < -0.4 is 47.9 Å². The third kappa shape index (κ3) is 14.0. The molecule has 1 aliphatic rings. The van der Waals surface area contributed by atoms with Gasteiger partial charge in [0.05, 0.1) is 16.7 Å². The maximum Gasteiger partial charge on any atom is 0.252 e. The summed E-state index contributed by atoms with van der Waals surface area (Å²) in [7, 11) is -2.22. The Hall–Kier alpha value is -6.07. The Morgan fingerprint density at radius 3 is 2.18 bits per heavy atom. The maximum absolute atomic E-state index is 14.6. The van der Waals surface area contributed by atoms with Crippen LogP contribution in [-0.4, -0.2) is 113 Å². The number of amides is 5. The van der Waals surface area contributed by atoms with Gasteiger partial charge in [0.25, 0.3) is 5.91 Å². The van der Waals surface area contributed by atoms with E-state index in [0.717, 1.165) is 30.6 Å². The number of carbonyl (C=O) groups excluding carboxylic acids is 5. The van der Waals surface area contributed by atoms with Crippen LogP contribution in [0.5, 0.6) is 11.5 Å². The number of fused-ring (bicyclic) bond motifs is 5. The van der Waals surface area contributed by atoms with Crippen molar-refractivity contribution < 1.29 is 41.9 Å². The van der Waals surface area contributed by atoms with E-state index < -0.39 is 63.5 Å². The first-order valence-corrected chi connectivity index (χ1v) is 23.5. The number of ether oxygens (including phenoxy) is 2. The molecule has 352 valence electrons. The van der Waals surface area contributed by atoms with E-state index in [9.17, 15) is 32.4 Å². The van der Waals surface area contributed by atoms with Crippen LogP contribution in [0.25, 0.3) is 11.1 Å². The lowest BCUT2D eigenvalue weighted by molar-refractivity contribution is -0.141. The van der Waals surface area contributed by atoms with Crippen molar-refractivity contribution in [3.05, 3.63) is 76.9 Å². The molecule has 65 heavy (non-hydrogen) atoms. The molecule has 1 aliphatic heterocycles. The van der Waals surface area contributed by atoms with E-state index in [-0.39, 0.29) is 74.0 Å². The fourth-order valence-electron chi connectivity index (χ4n) is 7.46. The summed E-state index contributed by atoms with van der Waals surface area (Å²) in [5.74, 6) is -2.77. The van der Waals surface area contributed by atoms with Gasteiger partial charge in [-0.05, 0) is 92.4 Å². The molecule has 1 heterocycles. The highest BCUT2D eigenvalue weighted by molar-refractivity contribution is 7.91. The number of nitrogens with zero attached hydrogens (tertiary/aromatic N) is 2. The van der Waals surface area contributed by atoms with E-state index in [1.54, 1.807) is 43.3 Å². The third-order valence-electron chi connectivity index (χ3n) is 10.9. The molecule has 0 aliphatic carbocycles. The number of unbranched alkanes of at least 4 members (excludes halogenated alkanes) is 4. The molecule has 0 saturated heterocycles. The number of hydrogen-bond donors (Lipinski definition) is 7. The second-order valence-electron chi connectivity index (χ2n) is 15.9. The van der Waals surface area contributed by atoms with Crippen molar-refractivity contribution in [1.29, 1.82) is 5.26 Å². The number of nitriles is 1. The predicted molar refractivity (Wildman–Crippen MR) is 245 cm³/mol. The van der Waals surface area contributed by atoms with E-state index in [1.807, 2.05) is 6.07 Å². The van der Waals surface area contributed by atoms with Gasteiger partial charge >= 0.3 is 0 Å². The van der Waals surface area contributed by atoms with Gasteiger partial charge in [-0.25, -0.2) is 8.42 Å². The second-order valence-corrected chi connectivity index (χ2v) is 18.0. The van der Waals surface area contributed by atoms with Gasteiger partial charge in [0.2, 0.25) is 23.6 Å². The normalized spacial score (nSPS) is 16.7. The summed E-state index contributed by atoms with van der Waals surface area (Å²) in [6.07, 6.45) is 4.31. The quantitative estimate of drug-likeness (QED) is 0.0595. The van der Waals surface area contributed by atoms with Gasteiger partial charge in [0, 0.05) is 43.2 Å². The molecule has 0 radical (unpaired) electrons. The topological polar surface area (TPSA) is 291 Å². The van der Waals surface area contributed by atoms with Gasteiger partial charge in [-0.3, -0.25) is 24.0 Å². The van der Waals surface area contributed by atoms with Gasteiger partial charge in [-0.2, -0.15) is 5.26 Å². The molecular weight excluding hydrogens is 855 g/mol. The van der Waals surface area contributed by atoms with Gasteiger partial charge in [-0.15, -0.1) is 0 Å². The molecular formula is C46H63N9O9S. The predicted octanol–water partition coefficient (Wildman–Crippen LogP) is 1.91. The lowest BCUT2D eigenvalue weighted by Gasteiger charge is -2.32. The molecule has 18 nitrogen and oxygen atoms in total. The summed E-state index contributed by atoms with van der Waals surface area (Å²) in [6.45, 7) is 5.38. The summed E-state index contributed by atoms with van der Waals surface area (Å²) >= 11 is 0. The second kappa shape index (κ2) is 24.8. The van der Waals surface area contributed by atoms with Gasteiger partial charge in [-0.1, -0.05) is 44.7 Å². The van der Waals surface area contributed by atoms with Crippen molar-refractivity contribution in [2.45, 2.75) is 94.8 Å². The number of hydrogen-bond acceptors (Lipinski definition) is 13. The van der Waals surface area contributed by atoms with Crippen LogP contribution in [0.4, 0.5) is 0 Å². The molecule has 10 N–H and O–H groups in total. The fraction of sp³-hybridized carbons (Fsp3) is 0.478. The van der Waals surface area contributed by atoms with Crippen LogP contribution in [-0.2, 0) is 35.4 Å². The summed E-state index contributed by atoms with van der Waals surface area (Å²) in [5.41, 5.74) is 19.9.